The van der Waals surface area contributed by atoms with Crippen molar-refractivity contribution in [2.75, 3.05) is 13.6 Å². The van der Waals surface area contributed by atoms with E-state index in [-0.39, 0.29) is 0 Å². The molecule has 0 aliphatic carbocycles. The quantitative estimate of drug-likeness (QED) is 0.734. The zero-order valence-electron chi connectivity index (χ0n) is 8.58. The molecule has 1 rings (SSSR count). The molecule has 1 N–H and O–H groups in total. The van der Waals surface area contributed by atoms with Gasteiger partial charge in [0.05, 0.1) is 0 Å². The van der Waals surface area contributed by atoms with Crippen molar-refractivity contribution < 1.29 is 4.79 Å². The Morgan fingerprint density at radius 3 is 2.64 bits per heavy atom. The molecule has 0 unspecified atom stereocenters. The first-order valence-corrected chi connectivity index (χ1v) is 4.64. The highest BCUT2D eigenvalue weighted by Gasteiger charge is 1.94. The molecule has 0 spiro atoms. The summed E-state index contributed by atoms with van der Waals surface area (Å²) >= 11 is 0. The van der Waals surface area contributed by atoms with Crippen LogP contribution in [0, 0.1) is 6.92 Å². The zero-order valence-corrected chi connectivity index (χ0v) is 8.58. The lowest BCUT2D eigenvalue weighted by molar-refractivity contribution is 0.112. The monoisotopic (exact) mass is 189 g/mol. The van der Waals surface area contributed by atoms with E-state index in [1.54, 1.807) is 0 Å². The number of aryl methyl sites for hydroxylation is 1. The predicted octanol–water partition coefficient (Wildman–Crippen LogP) is 2.04. The lowest BCUT2D eigenvalue weighted by atomic mass is 10.1. The average molecular weight is 189 g/mol. The minimum absolute atomic E-state index is 0.731. The molecule has 0 radical (unpaired) electrons. The Hall–Kier alpha value is -1.41. The van der Waals surface area contributed by atoms with Crippen molar-refractivity contribution in [3.63, 3.8) is 0 Å². The Bertz CT molecular complexity index is 342. The van der Waals surface area contributed by atoms with Crippen LogP contribution in [0.3, 0.4) is 0 Å². The van der Waals surface area contributed by atoms with Crippen LogP contribution in [0.5, 0.6) is 0 Å². The van der Waals surface area contributed by atoms with Gasteiger partial charge in [-0.2, -0.15) is 0 Å². The molecule has 0 amide bonds. The highest BCUT2D eigenvalue weighted by Crippen LogP contribution is 2.09. The number of carbonyl (C=O) groups excluding carboxylic acids is 1. The van der Waals surface area contributed by atoms with E-state index in [1.165, 1.54) is 0 Å². The van der Waals surface area contributed by atoms with Crippen LogP contribution in [0.25, 0.3) is 6.08 Å². The molecule has 0 aliphatic rings. The largest absolute Gasteiger partial charge is 0.316 e. The number of nitrogens with one attached hydrogen (secondary N) is 1. The van der Waals surface area contributed by atoms with Crippen LogP contribution in [-0.4, -0.2) is 19.9 Å². The van der Waals surface area contributed by atoms with Crippen LogP contribution in [0.1, 0.15) is 21.5 Å². The summed E-state index contributed by atoms with van der Waals surface area (Å²) in [7, 11) is 1.90. The van der Waals surface area contributed by atoms with E-state index in [2.05, 4.69) is 11.4 Å². The third-order valence-corrected chi connectivity index (χ3v) is 1.89. The van der Waals surface area contributed by atoms with E-state index in [0.29, 0.717) is 0 Å². The first-order chi connectivity index (χ1) is 6.76. The maximum Gasteiger partial charge on any atom is 0.150 e. The van der Waals surface area contributed by atoms with Crippen molar-refractivity contribution in [2.24, 2.45) is 0 Å². The van der Waals surface area contributed by atoms with Gasteiger partial charge in [-0.1, -0.05) is 18.2 Å². The Balaban J connectivity index is 2.86. The van der Waals surface area contributed by atoms with Crippen molar-refractivity contribution in [2.45, 2.75) is 6.92 Å². The first kappa shape index (κ1) is 10.7. The predicted molar refractivity (Wildman–Crippen MR) is 59.5 cm³/mol. The Kier molecular flexibility index (Phi) is 4.08. The van der Waals surface area contributed by atoms with Gasteiger partial charge in [0.2, 0.25) is 0 Å². The Morgan fingerprint density at radius 2 is 2.00 bits per heavy atom. The molecule has 74 valence electrons. The maximum atomic E-state index is 10.6. The summed E-state index contributed by atoms with van der Waals surface area (Å²) in [5.74, 6) is 0. The van der Waals surface area contributed by atoms with E-state index in [1.807, 2.05) is 38.3 Å². The van der Waals surface area contributed by atoms with E-state index >= 15 is 0 Å². The molecule has 0 fully saturated rings. The number of hydrogen-bond donors (Lipinski definition) is 1. The van der Waals surface area contributed by atoms with Gasteiger partial charge >= 0.3 is 0 Å². The van der Waals surface area contributed by atoms with Crippen molar-refractivity contribution in [1.29, 1.82) is 0 Å². The Morgan fingerprint density at radius 1 is 1.29 bits per heavy atom. The van der Waals surface area contributed by atoms with Gasteiger partial charge < -0.3 is 5.32 Å². The number of aldehydes is 1. The standard InChI is InChI=1S/C12H15NO/c1-10-6-11(4-3-5-13-2)8-12(7-10)9-14/h3-4,6-9,13H,5H2,1-2H3. The highest BCUT2D eigenvalue weighted by atomic mass is 16.1. The Labute approximate surface area is 84.6 Å². The molecule has 1 aromatic rings. The van der Waals surface area contributed by atoms with Gasteiger partial charge in [-0.3, -0.25) is 4.79 Å². The van der Waals surface area contributed by atoms with Crippen LogP contribution in [0.4, 0.5) is 0 Å². The zero-order chi connectivity index (χ0) is 10.4. The minimum Gasteiger partial charge on any atom is -0.316 e. The van der Waals surface area contributed by atoms with Crippen LogP contribution >= 0.6 is 0 Å². The van der Waals surface area contributed by atoms with Crippen LogP contribution in [-0.2, 0) is 0 Å². The molecule has 0 saturated carbocycles. The third kappa shape index (κ3) is 3.15. The second-order valence-electron chi connectivity index (χ2n) is 3.25. The second kappa shape index (κ2) is 5.35. The summed E-state index contributed by atoms with van der Waals surface area (Å²) in [5.41, 5.74) is 2.91. The number of benzene rings is 1. The summed E-state index contributed by atoms with van der Waals surface area (Å²) in [6.07, 6.45) is 4.92. The van der Waals surface area contributed by atoms with E-state index in [9.17, 15) is 4.79 Å². The van der Waals surface area contributed by atoms with Crippen LogP contribution < -0.4 is 5.32 Å². The number of likely N-dealkylation sites (N-methyl/N-ethyl adjacent to an activating group) is 1. The molecule has 0 saturated heterocycles. The molecule has 0 heterocycles. The maximum absolute atomic E-state index is 10.6. The average Bonchev–Trinajstić information content (AvgIpc) is 2.17. The number of carbonyl (C=O) groups is 1. The lowest BCUT2D eigenvalue weighted by Gasteiger charge is -1.98. The fourth-order valence-corrected chi connectivity index (χ4v) is 1.32. The SMILES string of the molecule is CNCC=Cc1cc(C)cc(C=O)c1. The summed E-state index contributed by atoms with van der Waals surface area (Å²) in [5, 5.41) is 3.02. The van der Waals surface area contributed by atoms with Crippen LogP contribution in [0.15, 0.2) is 24.3 Å². The molecule has 0 aliphatic heterocycles. The fraction of sp³-hybridized carbons (Fsp3) is 0.250. The molecule has 2 nitrogen and oxygen atoms in total. The van der Waals surface area contributed by atoms with Crippen molar-refractivity contribution in [3.05, 3.63) is 41.0 Å². The van der Waals surface area contributed by atoms with Crippen LogP contribution in [0.2, 0.25) is 0 Å². The van der Waals surface area contributed by atoms with Gasteiger partial charge in [-0.15, -0.1) is 0 Å². The van der Waals surface area contributed by atoms with Gasteiger partial charge in [0.25, 0.3) is 0 Å². The summed E-state index contributed by atoms with van der Waals surface area (Å²) in [6, 6.07) is 5.81. The first-order valence-electron chi connectivity index (χ1n) is 4.64. The highest BCUT2D eigenvalue weighted by molar-refractivity contribution is 5.76. The van der Waals surface area contributed by atoms with E-state index in [4.69, 9.17) is 0 Å². The third-order valence-electron chi connectivity index (χ3n) is 1.89. The molecular weight excluding hydrogens is 174 g/mol. The summed E-state index contributed by atoms with van der Waals surface area (Å²) in [4.78, 5) is 10.6. The molecule has 1 aromatic carbocycles. The molecule has 0 bridgehead atoms. The summed E-state index contributed by atoms with van der Waals surface area (Å²) < 4.78 is 0. The topological polar surface area (TPSA) is 29.1 Å². The van der Waals surface area contributed by atoms with Crippen molar-refractivity contribution in [1.82, 2.24) is 5.32 Å². The lowest BCUT2D eigenvalue weighted by Crippen LogP contribution is -2.03. The van der Waals surface area contributed by atoms with Gasteiger partial charge in [0.1, 0.15) is 6.29 Å². The number of hydrogen-bond acceptors (Lipinski definition) is 2. The number of rotatable bonds is 4. The van der Waals surface area contributed by atoms with Crippen molar-refractivity contribution in [3.8, 4) is 0 Å². The van der Waals surface area contributed by atoms with Gasteiger partial charge in [-0.05, 0) is 37.2 Å². The normalized spacial score (nSPS) is 10.7. The fourth-order valence-electron chi connectivity index (χ4n) is 1.32. The summed E-state index contributed by atoms with van der Waals surface area (Å²) in [6.45, 7) is 2.83. The smallest absolute Gasteiger partial charge is 0.150 e. The molecule has 2 heteroatoms. The molecule has 14 heavy (non-hydrogen) atoms. The van der Waals surface area contributed by atoms with Crippen molar-refractivity contribution >= 4 is 12.4 Å². The van der Waals surface area contributed by atoms with Gasteiger partial charge in [0, 0.05) is 12.1 Å². The van der Waals surface area contributed by atoms with Gasteiger partial charge in [0.15, 0.2) is 0 Å². The van der Waals surface area contributed by atoms with Gasteiger partial charge in [-0.25, -0.2) is 0 Å². The minimum atomic E-state index is 0.731. The second-order valence-corrected chi connectivity index (χ2v) is 3.25. The van der Waals surface area contributed by atoms with E-state index in [0.717, 1.165) is 29.5 Å². The molecular formula is C12H15NO. The molecule has 0 aromatic heterocycles. The van der Waals surface area contributed by atoms with E-state index < -0.39 is 0 Å². The molecule has 0 atom stereocenters.